The maximum Gasteiger partial charge on any atom is 0.329 e. The van der Waals surface area contributed by atoms with Crippen molar-refractivity contribution in [3.8, 4) is 0 Å². The Morgan fingerprint density at radius 2 is 1.80 bits per heavy atom. The van der Waals surface area contributed by atoms with Gasteiger partial charge in [0.25, 0.3) is 0 Å². The highest BCUT2D eigenvalue weighted by molar-refractivity contribution is 5.91. The number of carboxylic acids is 1. The zero-order valence-corrected chi connectivity index (χ0v) is 14.1. The molecule has 0 spiro atoms. The molecule has 1 aromatic carbocycles. The molecule has 2 rings (SSSR count). The normalized spacial score (nSPS) is 17.3. The second-order valence-corrected chi connectivity index (χ2v) is 6.39. The maximum atomic E-state index is 12.2. The number of benzene rings is 1. The number of rotatable bonds is 7. The van der Waals surface area contributed by atoms with Crippen LogP contribution < -0.4 is 11.1 Å². The van der Waals surface area contributed by atoms with Gasteiger partial charge in [-0.2, -0.15) is 0 Å². The van der Waals surface area contributed by atoms with Crippen molar-refractivity contribution in [3.05, 3.63) is 35.9 Å². The number of carbonyl (C=O) groups excluding carboxylic acids is 2. The minimum atomic E-state index is -1.28. The van der Waals surface area contributed by atoms with E-state index in [2.05, 4.69) is 5.32 Å². The highest BCUT2D eigenvalue weighted by Gasteiger charge is 2.41. The van der Waals surface area contributed by atoms with Crippen LogP contribution in [0.3, 0.4) is 0 Å². The molecule has 1 aliphatic rings. The monoisotopic (exact) mass is 348 g/mol. The third-order valence-corrected chi connectivity index (χ3v) is 4.44. The van der Waals surface area contributed by atoms with Gasteiger partial charge in [-0.3, -0.25) is 9.59 Å². The molecule has 0 aromatic heterocycles. The Bertz CT molecular complexity index is 611. The fourth-order valence-corrected chi connectivity index (χ4v) is 2.95. The first-order chi connectivity index (χ1) is 11.9. The topological polar surface area (TPSA) is 119 Å². The molecule has 0 saturated heterocycles. The molecule has 0 radical (unpaired) electrons. The lowest BCUT2D eigenvalue weighted by Crippen LogP contribution is -2.59. The van der Waals surface area contributed by atoms with Crippen LogP contribution in [0.15, 0.2) is 30.3 Å². The highest BCUT2D eigenvalue weighted by atomic mass is 16.5. The Kier molecular flexibility index (Phi) is 6.52. The Morgan fingerprint density at radius 1 is 1.16 bits per heavy atom. The molecule has 1 atom stereocenters. The van der Waals surface area contributed by atoms with Gasteiger partial charge in [-0.05, 0) is 18.4 Å². The van der Waals surface area contributed by atoms with E-state index in [1.54, 1.807) is 0 Å². The van der Waals surface area contributed by atoms with E-state index in [9.17, 15) is 19.5 Å². The first-order valence-corrected chi connectivity index (χ1v) is 8.43. The van der Waals surface area contributed by atoms with Crippen molar-refractivity contribution in [3.63, 3.8) is 0 Å². The lowest BCUT2D eigenvalue weighted by molar-refractivity contribution is -0.150. The van der Waals surface area contributed by atoms with Crippen LogP contribution in [-0.2, 0) is 25.7 Å². The number of nitrogens with one attached hydrogen (secondary N) is 1. The summed E-state index contributed by atoms with van der Waals surface area (Å²) in [4.78, 5) is 35.6. The van der Waals surface area contributed by atoms with Gasteiger partial charge in [0.15, 0.2) is 0 Å². The predicted octanol–water partition coefficient (Wildman–Crippen LogP) is 1.35. The van der Waals surface area contributed by atoms with Crippen LogP contribution in [0.1, 0.15) is 44.1 Å². The molecule has 0 bridgehead atoms. The molecule has 1 aromatic rings. The highest BCUT2D eigenvalue weighted by Crippen LogP contribution is 2.28. The van der Waals surface area contributed by atoms with Crippen molar-refractivity contribution in [2.24, 2.45) is 5.73 Å². The maximum absolute atomic E-state index is 12.2. The van der Waals surface area contributed by atoms with Gasteiger partial charge >= 0.3 is 11.9 Å². The van der Waals surface area contributed by atoms with Crippen LogP contribution in [0.25, 0.3) is 0 Å². The largest absolute Gasteiger partial charge is 0.480 e. The van der Waals surface area contributed by atoms with E-state index in [1.165, 1.54) is 0 Å². The molecule has 0 unspecified atom stereocenters. The number of nitrogens with two attached hydrogens (primary N) is 1. The summed E-state index contributed by atoms with van der Waals surface area (Å²) in [5, 5.41) is 12.0. The first kappa shape index (κ1) is 18.9. The van der Waals surface area contributed by atoms with Gasteiger partial charge in [-0.1, -0.05) is 49.6 Å². The quantitative estimate of drug-likeness (QED) is 0.640. The average molecular weight is 348 g/mol. The summed E-state index contributed by atoms with van der Waals surface area (Å²) >= 11 is 0. The number of esters is 1. The lowest BCUT2D eigenvalue weighted by atomic mass is 9.81. The average Bonchev–Trinajstić information content (AvgIpc) is 2.61. The van der Waals surface area contributed by atoms with Crippen molar-refractivity contribution >= 4 is 17.8 Å². The summed E-state index contributed by atoms with van der Waals surface area (Å²) < 4.78 is 5.10. The van der Waals surface area contributed by atoms with Crippen LogP contribution in [-0.4, -0.2) is 34.5 Å². The Morgan fingerprint density at radius 3 is 2.40 bits per heavy atom. The number of carbonyl (C=O) groups is 3. The Labute approximate surface area is 146 Å². The van der Waals surface area contributed by atoms with Gasteiger partial charge in [0.1, 0.15) is 12.1 Å². The molecule has 0 heterocycles. The SMILES string of the molecule is N[C@@H](CC(=O)OCc1ccccc1)C(=O)NC1(C(=O)O)CCCCC1. The van der Waals surface area contributed by atoms with E-state index in [-0.39, 0.29) is 13.0 Å². The van der Waals surface area contributed by atoms with Gasteiger partial charge < -0.3 is 20.9 Å². The fourth-order valence-electron chi connectivity index (χ4n) is 2.95. The van der Waals surface area contributed by atoms with Gasteiger partial charge in [0, 0.05) is 0 Å². The minimum absolute atomic E-state index is 0.104. The molecule has 1 aliphatic carbocycles. The summed E-state index contributed by atoms with van der Waals surface area (Å²) in [7, 11) is 0. The van der Waals surface area contributed by atoms with Crippen molar-refractivity contribution in [1.82, 2.24) is 5.32 Å². The van der Waals surface area contributed by atoms with E-state index in [0.717, 1.165) is 24.8 Å². The molecular weight excluding hydrogens is 324 g/mol. The minimum Gasteiger partial charge on any atom is -0.480 e. The number of amides is 1. The number of ether oxygens (including phenoxy) is 1. The van der Waals surface area contributed by atoms with Gasteiger partial charge in [0.05, 0.1) is 12.5 Å². The summed E-state index contributed by atoms with van der Waals surface area (Å²) in [6.45, 7) is 0.104. The number of hydrogen-bond donors (Lipinski definition) is 3. The smallest absolute Gasteiger partial charge is 0.329 e. The Balaban J connectivity index is 1.84. The zero-order valence-electron chi connectivity index (χ0n) is 14.1. The summed E-state index contributed by atoms with van der Waals surface area (Å²) in [6.07, 6.45) is 2.87. The van der Waals surface area contributed by atoms with Crippen LogP contribution in [0, 0.1) is 0 Å². The van der Waals surface area contributed by atoms with Crippen molar-refractivity contribution in [2.45, 2.75) is 56.7 Å². The van der Waals surface area contributed by atoms with Gasteiger partial charge in [0.2, 0.25) is 5.91 Å². The molecule has 0 aliphatic heterocycles. The van der Waals surface area contributed by atoms with Crippen LogP contribution >= 0.6 is 0 Å². The lowest BCUT2D eigenvalue weighted by Gasteiger charge is -2.34. The molecule has 1 amide bonds. The summed E-state index contributed by atoms with van der Waals surface area (Å²) in [5.41, 5.74) is 5.31. The van der Waals surface area contributed by atoms with Crippen LogP contribution in [0.2, 0.25) is 0 Å². The third-order valence-electron chi connectivity index (χ3n) is 4.44. The fraction of sp³-hybridized carbons (Fsp3) is 0.500. The molecule has 136 valence electrons. The van der Waals surface area contributed by atoms with Crippen LogP contribution in [0.4, 0.5) is 0 Å². The summed E-state index contributed by atoms with van der Waals surface area (Å²) in [5.74, 6) is -2.29. The number of aliphatic carboxylic acids is 1. The molecule has 4 N–H and O–H groups in total. The second-order valence-electron chi connectivity index (χ2n) is 6.39. The summed E-state index contributed by atoms with van der Waals surface area (Å²) in [6, 6.07) is 8.02. The Hall–Kier alpha value is -2.41. The molecule has 25 heavy (non-hydrogen) atoms. The van der Waals surface area contributed by atoms with Gasteiger partial charge in [-0.25, -0.2) is 4.79 Å². The van der Waals surface area contributed by atoms with E-state index < -0.39 is 29.4 Å². The molecule has 1 fully saturated rings. The van der Waals surface area contributed by atoms with Crippen LogP contribution in [0.5, 0.6) is 0 Å². The first-order valence-electron chi connectivity index (χ1n) is 8.43. The number of carboxylic acid groups (broad SMARTS) is 1. The van der Waals surface area contributed by atoms with E-state index >= 15 is 0 Å². The van der Waals surface area contributed by atoms with E-state index in [4.69, 9.17) is 10.5 Å². The predicted molar refractivity (Wildman–Crippen MR) is 90.4 cm³/mol. The third kappa shape index (κ3) is 5.29. The van der Waals surface area contributed by atoms with Crippen molar-refractivity contribution in [1.29, 1.82) is 0 Å². The zero-order chi connectivity index (χ0) is 18.3. The van der Waals surface area contributed by atoms with E-state index in [1.807, 2.05) is 30.3 Å². The van der Waals surface area contributed by atoms with Crippen molar-refractivity contribution in [2.75, 3.05) is 0 Å². The van der Waals surface area contributed by atoms with E-state index in [0.29, 0.717) is 12.8 Å². The molecular formula is C18H24N2O5. The molecule has 7 nitrogen and oxygen atoms in total. The molecule has 1 saturated carbocycles. The standard InChI is InChI=1S/C18H24N2O5/c19-14(11-15(21)25-12-13-7-3-1-4-8-13)16(22)20-18(17(23)24)9-5-2-6-10-18/h1,3-4,7-8,14H,2,5-6,9-12,19H2,(H,20,22)(H,23,24)/t14-/m0/s1. The molecule has 7 heteroatoms. The van der Waals surface area contributed by atoms with Crippen molar-refractivity contribution < 1.29 is 24.2 Å². The number of hydrogen-bond acceptors (Lipinski definition) is 5. The van der Waals surface area contributed by atoms with Gasteiger partial charge in [-0.15, -0.1) is 0 Å². The second kappa shape index (κ2) is 8.62.